The van der Waals surface area contributed by atoms with Gasteiger partial charge in [-0.15, -0.1) is 0 Å². The Bertz CT molecular complexity index is 1310. The number of carbonyl (C=O) groups is 1. The van der Waals surface area contributed by atoms with E-state index >= 15 is 0 Å². The summed E-state index contributed by atoms with van der Waals surface area (Å²) in [5.41, 5.74) is 1.71. The molecule has 0 unspecified atom stereocenters. The van der Waals surface area contributed by atoms with Crippen molar-refractivity contribution in [1.82, 2.24) is 9.29 Å². The molecule has 0 saturated carbocycles. The predicted molar refractivity (Wildman–Crippen MR) is 138 cm³/mol. The summed E-state index contributed by atoms with van der Waals surface area (Å²) in [5.74, 6) is 0.917. The zero-order valence-corrected chi connectivity index (χ0v) is 21.3. The molecule has 0 aliphatic carbocycles. The molecule has 0 atom stereocenters. The first-order valence-corrected chi connectivity index (χ1v) is 13.1. The molecule has 1 saturated heterocycles. The largest absolute Gasteiger partial charge is 0.437 e. The molecule has 2 N–H and O–H groups in total. The van der Waals surface area contributed by atoms with Crippen LogP contribution >= 0.6 is 0 Å². The number of nitrogens with zero attached hydrogens (tertiary/aromatic N) is 2. The number of nitrogens with one attached hydrogen (secondary N) is 2. The van der Waals surface area contributed by atoms with E-state index in [9.17, 15) is 13.2 Å². The maximum absolute atomic E-state index is 12.8. The normalized spacial score (nSPS) is 14.8. The van der Waals surface area contributed by atoms with Crippen molar-refractivity contribution in [2.75, 3.05) is 36.9 Å². The molecule has 4 rings (SSSR count). The van der Waals surface area contributed by atoms with Gasteiger partial charge < -0.3 is 20.1 Å². The van der Waals surface area contributed by atoms with E-state index < -0.39 is 16.1 Å². The smallest absolute Gasteiger partial charge is 0.323 e. The van der Waals surface area contributed by atoms with Crippen LogP contribution in [0.2, 0.25) is 0 Å². The summed E-state index contributed by atoms with van der Waals surface area (Å²) in [4.78, 5) is 17.2. The zero-order valence-electron chi connectivity index (χ0n) is 20.5. The van der Waals surface area contributed by atoms with Crippen molar-refractivity contribution in [2.45, 2.75) is 31.1 Å². The van der Waals surface area contributed by atoms with Gasteiger partial charge in [-0.05, 0) is 47.9 Å². The Kier molecular flexibility index (Phi) is 7.58. The SMILES string of the molecule is CC(C)(C)c1ccccc1Oc1ncccc1NC(=O)Nc1ccc(S(=O)(=O)N2CCOCC2)cc1. The second-order valence-corrected chi connectivity index (χ2v) is 11.3. The van der Waals surface area contributed by atoms with E-state index in [0.29, 0.717) is 43.4 Å². The highest BCUT2D eigenvalue weighted by atomic mass is 32.2. The number of pyridine rings is 1. The summed E-state index contributed by atoms with van der Waals surface area (Å²) in [5, 5.41) is 5.47. The fourth-order valence-electron chi connectivity index (χ4n) is 3.78. The highest BCUT2D eigenvalue weighted by Crippen LogP contribution is 2.35. The number of anilines is 2. The minimum Gasteiger partial charge on any atom is -0.437 e. The molecule has 36 heavy (non-hydrogen) atoms. The van der Waals surface area contributed by atoms with Crippen LogP contribution in [0.5, 0.6) is 11.6 Å². The molecular formula is C26H30N4O5S. The average molecular weight is 511 g/mol. The van der Waals surface area contributed by atoms with Gasteiger partial charge in [0.2, 0.25) is 15.9 Å². The van der Waals surface area contributed by atoms with Gasteiger partial charge in [-0.25, -0.2) is 18.2 Å². The second kappa shape index (κ2) is 10.7. The molecule has 0 spiro atoms. The number of rotatable bonds is 6. The average Bonchev–Trinajstić information content (AvgIpc) is 2.86. The van der Waals surface area contributed by atoms with Gasteiger partial charge in [0.25, 0.3) is 0 Å². The maximum atomic E-state index is 12.8. The van der Waals surface area contributed by atoms with Gasteiger partial charge >= 0.3 is 6.03 Å². The third kappa shape index (κ3) is 6.01. The number of hydrogen-bond acceptors (Lipinski definition) is 6. The molecular weight excluding hydrogens is 480 g/mol. The van der Waals surface area contributed by atoms with E-state index in [1.165, 1.54) is 16.4 Å². The van der Waals surface area contributed by atoms with Crippen LogP contribution in [-0.4, -0.2) is 50.0 Å². The van der Waals surface area contributed by atoms with Crippen molar-refractivity contribution in [1.29, 1.82) is 0 Å². The van der Waals surface area contributed by atoms with Gasteiger partial charge in [-0.3, -0.25) is 0 Å². The number of morpholine rings is 1. The molecule has 2 aromatic carbocycles. The maximum Gasteiger partial charge on any atom is 0.323 e. The monoisotopic (exact) mass is 510 g/mol. The minimum absolute atomic E-state index is 0.141. The van der Waals surface area contributed by atoms with Crippen molar-refractivity contribution in [3.05, 3.63) is 72.4 Å². The summed E-state index contributed by atoms with van der Waals surface area (Å²) in [6, 6.07) is 16.6. The van der Waals surface area contributed by atoms with Gasteiger partial charge in [0.15, 0.2) is 0 Å². The Balaban J connectivity index is 1.44. The summed E-state index contributed by atoms with van der Waals surface area (Å²) in [6.07, 6.45) is 1.59. The lowest BCUT2D eigenvalue weighted by molar-refractivity contribution is 0.0730. The Labute approximate surface area is 211 Å². The number of ether oxygens (including phenoxy) is 2. The lowest BCUT2D eigenvalue weighted by Crippen LogP contribution is -2.40. The van der Waals surface area contributed by atoms with Crippen LogP contribution < -0.4 is 15.4 Å². The Morgan fingerprint density at radius 3 is 2.36 bits per heavy atom. The molecule has 2 heterocycles. The molecule has 0 bridgehead atoms. The summed E-state index contributed by atoms with van der Waals surface area (Å²) in [7, 11) is -3.61. The number of urea groups is 1. The van der Waals surface area contributed by atoms with Gasteiger partial charge in [0.05, 0.1) is 18.1 Å². The van der Waals surface area contributed by atoms with Crippen molar-refractivity contribution >= 4 is 27.4 Å². The topological polar surface area (TPSA) is 110 Å². The fourth-order valence-corrected chi connectivity index (χ4v) is 5.19. The van der Waals surface area contributed by atoms with Gasteiger partial charge in [0.1, 0.15) is 11.4 Å². The lowest BCUT2D eigenvalue weighted by Gasteiger charge is -2.26. The van der Waals surface area contributed by atoms with Crippen LogP contribution in [0.1, 0.15) is 26.3 Å². The van der Waals surface area contributed by atoms with Gasteiger partial charge in [-0.2, -0.15) is 4.31 Å². The Morgan fingerprint density at radius 1 is 0.972 bits per heavy atom. The third-order valence-corrected chi connectivity index (χ3v) is 7.55. The van der Waals surface area contributed by atoms with Crippen LogP contribution in [0, 0.1) is 0 Å². The number of hydrogen-bond donors (Lipinski definition) is 2. The van der Waals surface area contributed by atoms with Crippen LogP contribution in [0.3, 0.4) is 0 Å². The number of benzene rings is 2. The number of para-hydroxylation sites is 1. The van der Waals surface area contributed by atoms with Crippen LogP contribution in [0.15, 0.2) is 71.8 Å². The van der Waals surface area contributed by atoms with Crippen LogP contribution in [0.4, 0.5) is 16.2 Å². The fraction of sp³-hybridized carbons (Fsp3) is 0.308. The van der Waals surface area contributed by atoms with Crippen LogP contribution in [-0.2, 0) is 20.2 Å². The predicted octanol–water partition coefficient (Wildman–Crippen LogP) is 4.84. The number of sulfonamides is 1. The van der Waals surface area contributed by atoms with E-state index in [0.717, 1.165) is 5.56 Å². The Morgan fingerprint density at radius 2 is 1.67 bits per heavy atom. The van der Waals surface area contributed by atoms with Gasteiger partial charge in [-0.1, -0.05) is 39.0 Å². The molecule has 3 aromatic rings. The highest BCUT2D eigenvalue weighted by Gasteiger charge is 2.26. The second-order valence-electron chi connectivity index (χ2n) is 9.32. The van der Waals surface area contributed by atoms with Crippen molar-refractivity contribution in [2.24, 2.45) is 0 Å². The lowest BCUT2D eigenvalue weighted by atomic mass is 9.86. The van der Waals surface area contributed by atoms with E-state index in [4.69, 9.17) is 9.47 Å². The number of carbonyl (C=O) groups excluding carboxylic acids is 1. The molecule has 1 aromatic heterocycles. The number of amides is 2. The quantitative estimate of drug-likeness (QED) is 0.491. The zero-order chi connectivity index (χ0) is 25.8. The first-order chi connectivity index (χ1) is 17.1. The minimum atomic E-state index is -3.61. The first kappa shape index (κ1) is 25.6. The molecule has 10 heteroatoms. The molecule has 9 nitrogen and oxygen atoms in total. The molecule has 1 aliphatic heterocycles. The number of aromatic nitrogens is 1. The summed E-state index contributed by atoms with van der Waals surface area (Å²) >= 11 is 0. The van der Waals surface area contributed by atoms with Crippen molar-refractivity contribution in [3.63, 3.8) is 0 Å². The molecule has 0 radical (unpaired) electrons. The van der Waals surface area contributed by atoms with E-state index in [-0.39, 0.29) is 16.2 Å². The van der Waals surface area contributed by atoms with Crippen LogP contribution in [0.25, 0.3) is 0 Å². The van der Waals surface area contributed by atoms with E-state index in [1.807, 2.05) is 24.3 Å². The Hall–Kier alpha value is -3.47. The summed E-state index contributed by atoms with van der Waals surface area (Å²) < 4.78 is 38.3. The molecule has 2 amide bonds. The first-order valence-electron chi connectivity index (χ1n) is 11.6. The molecule has 1 fully saturated rings. The standard InChI is InChI=1S/C26H30N4O5S/c1-26(2,3)21-7-4-5-9-23(21)35-24-22(8-6-14-27-24)29-25(31)28-19-10-12-20(13-11-19)36(32,33)30-15-17-34-18-16-30/h4-14H,15-18H2,1-3H3,(H2,28,29,31). The van der Waals surface area contributed by atoms with Crippen molar-refractivity contribution in [3.8, 4) is 11.6 Å². The third-order valence-electron chi connectivity index (χ3n) is 5.64. The van der Waals surface area contributed by atoms with Gasteiger partial charge in [0, 0.05) is 30.5 Å². The van der Waals surface area contributed by atoms with E-state index in [2.05, 4.69) is 36.4 Å². The van der Waals surface area contributed by atoms with E-state index in [1.54, 1.807) is 30.5 Å². The molecule has 1 aliphatic rings. The molecule has 190 valence electrons. The summed E-state index contributed by atoms with van der Waals surface area (Å²) in [6.45, 7) is 7.68. The highest BCUT2D eigenvalue weighted by molar-refractivity contribution is 7.89. The van der Waals surface area contributed by atoms with Crippen molar-refractivity contribution < 1.29 is 22.7 Å².